The standard InChI is InChI=1S/C17H22N2O2/c1-12-6-5-9-18-15(12)11-19-13(2)14-7-8-16(20-3)17(10-14)21-4/h5-10,13,19H,11H2,1-4H3. The van der Waals surface area contributed by atoms with Gasteiger partial charge in [-0.2, -0.15) is 0 Å². The number of aromatic nitrogens is 1. The molecule has 0 aliphatic rings. The molecule has 0 bridgehead atoms. The van der Waals surface area contributed by atoms with Gasteiger partial charge in [-0.3, -0.25) is 4.98 Å². The van der Waals surface area contributed by atoms with Crippen molar-refractivity contribution in [2.24, 2.45) is 0 Å². The first-order valence-corrected chi connectivity index (χ1v) is 7.01. The second-order valence-electron chi connectivity index (χ2n) is 4.98. The minimum atomic E-state index is 0.200. The normalized spacial score (nSPS) is 12.0. The molecule has 0 saturated heterocycles. The lowest BCUT2D eigenvalue weighted by molar-refractivity contribution is 0.354. The second kappa shape index (κ2) is 7.09. The van der Waals surface area contributed by atoms with E-state index in [1.54, 1.807) is 14.2 Å². The number of nitrogens with zero attached hydrogens (tertiary/aromatic N) is 1. The van der Waals surface area contributed by atoms with E-state index in [2.05, 4.69) is 30.2 Å². The van der Waals surface area contributed by atoms with Crippen molar-refractivity contribution in [3.05, 3.63) is 53.3 Å². The van der Waals surface area contributed by atoms with Crippen molar-refractivity contribution in [3.63, 3.8) is 0 Å². The predicted molar refractivity (Wildman–Crippen MR) is 83.8 cm³/mol. The Hall–Kier alpha value is -2.07. The van der Waals surface area contributed by atoms with Gasteiger partial charge in [-0.1, -0.05) is 12.1 Å². The lowest BCUT2D eigenvalue weighted by Crippen LogP contribution is -2.19. The molecular weight excluding hydrogens is 264 g/mol. The maximum atomic E-state index is 5.34. The van der Waals surface area contributed by atoms with Gasteiger partial charge in [0, 0.05) is 18.8 Å². The Kier molecular flexibility index (Phi) is 5.17. The molecule has 21 heavy (non-hydrogen) atoms. The number of hydrogen-bond acceptors (Lipinski definition) is 4. The summed E-state index contributed by atoms with van der Waals surface area (Å²) in [4.78, 5) is 4.40. The summed E-state index contributed by atoms with van der Waals surface area (Å²) < 4.78 is 10.6. The van der Waals surface area contributed by atoms with Gasteiger partial charge in [0.25, 0.3) is 0 Å². The molecule has 1 aromatic carbocycles. The highest BCUT2D eigenvalue weighted by atomic mass is 16.5. The van der Waals surface area contributed by atoms with Crippen LogP contribution >= 0.6 is 0 Å². The summed E-state index contributed by atoms with van der Waals surface area (Å²) in [7, 11) is 3.29. The van der Waals surface area contributed by atoms with Gasteiger partial charge in [0.1, 0.15) is 0 Å². The van der Waals surface area contributed by atoms with Crippen LogP contribution in [0.25, 0.3) is 0 Å². The first-order chi connectivity index (χ1) is 10.2. The van der Waals surface area contributed by atoms with Crippen molar-refractivity contribution in [1.82, 2.24) is 10.3 Å². The van der Waals surface area contributed by atoms with Crippen LogP contribution in [0.5, 0.6) is 11.5 Å². The number of benzene rings is 1. The van der Waals surface area contributed by atoms with Gasteiger partial charge in [-0.25, -0.2) is 0 Å². The zero-order valence-electron chi connectivity index (χ0n) is 13.0. The highest BCUT2D eigenvalue weighted by Gasteiger charge is 2.10. The largest absolute Gasteiger partial charge is 0.493 e. The molecule has 0 fully saturated rings. The van der Waals surface area contributed by atoms with E-state index in [0.29, 0.717) is 0 Å². The summed E-state index contributed by atoms with van der Waals surface area (Å²) in [5, 5.41) is 3.49. The molecular formula is C17H22N2O2. The summed E-state index contributed by atoms with van der Waals surface area (Å²) >= 11 is 0. The Labute approximate surface area is 126 Å². The van der Waals surface area contributed by atoms with E-state index in [1.807, 2.05) is 30.5 Å². The smallest absolute Gasteiger partial charge is 0.161 e. The fraction of sp³-hybridized carbons (Fsp3) is 0.353. The summed E-state index contributed by atoms with van der Waals surface area (Å²) in [6.45, 7) is 4.94. The average molecular weight is 286 g/mol. The summed E-state index contributed by atoms with van der Waals surface area (Å²) in [5.41, 5.74) is 3.43. The van der Waals surface area contributed by atoms with Gasteiger partial charge in [0.05, 0.1) is 19.9 Å². The van der Waals surface area contributed by atoms with E-state index in [4.69, 9.17) is 9.47 Å². The van der Waals surface area contributed by atoms with Gasteiger partial charge in [0.15, 0.2) is 11.5 Å². The number of methoxy groups -OCH3 is 2. The highest BCUT2D eigenvalue weighted by molar-refractivity contribution is 5.43. The minimum absolute atomic E-state index is 0.200. The first kappa shape index (κ1) is 15.3. The molecule has 1 heterocycles. The molecule has 2 aromatic rings. The zero-order valence-corrected chi connectivity index (χ0v) is 13.0. The highest BCUT2D eigenvalue weighted by Crippen LogP contribution is 2.29. The van der Waals surface area contributed by atoms with Crippen LogP contribution in [0.3, 0.4) is 0 Å². The Bertz CT molecular complexity index is 599. The Morgan fingerprint density at radius 3 is 2.57 bits per heavy atom. The predicted octanol–water partition coefficient (Wildman–Crippen LogP) is 3.26. The molecule has 0 radical (unpaired) electrons. The Morgan fingerprint density at radius 2 is 1.90 bits per heavy atom. The van der Waals surface area contributed by atoms with Gasteiger partial charge in [-0.05, 0) is 43.2 Å². The molecule has 0 aliphatic carbocycles. The molecule has 2 rings (SSSR count). The summed E-state index contributed by atoms with van der Waals surface area (Å²) in [5.74, 6) is 1.49. The van der Waals surface area contributed by atoms with Crippen molar-refractivity contribution >= 4 is 0 Å². The fourth-order valence-electron chi connectivity index (χ4n) is 2.19. The molecule has 112 valence electrons. The Morgan fingerprint density at radius 1 is 1.14 bits per heavy atom. The minimum Gasteiger partial charge on any atom is -0.493 e. The summed E-state index contributed by atoms with van der Waals surface area (Å²) in [6.07, 6.45) is 1.82. The van der Waals surface area contributed by atoms with Crippen LogP contribution in [0.2, 0.25) is 0 Å². The van der Waals surface area contributed by atoms with Crippen LogP contribution in [0.4, 0.5) is 0 Å². The van der Waals surface area contributed by atoms with Crippen LogP contribution in [0, 0.1) is 6.92 Å². The van der Waals surface area contributed by atoms with Crippen molar-refractivity contribution in [1.29, 1.82) is 0 Å². The molecule has 1 unspecified atom stereocenters. The molecule has 1 atom stereocenters. The molecule has 1 aromatic heterocycles. The van der Waals surface area contributed by atoms with E-state index in [-0.39, 0.29) is 6.04 Å². The van der Waals surface area contributed by atoms with Crippen LogP contribution < -0.4 is 14.8 Å². The quantitative estimate of drug-likeness (QED) is 0.885. The maximum Gasteiger partial charge on any atom is 0.161 e. The zero-order chi connectivity index (χ0) is 15.2. The molecule has 1 N–H and O–H groups in total. The van der Waals surface area contributed by atoms with Crippen molar-refractivity contribution in [2.75, 3.05) is 14.2 Å². The number of hydrogen-bond donors (Lipinski definition) is 1. The van der Waals surface area contributed by atoms with E-state index >= 15 is 0 Å². The summed E-state index contributed by atoms with van der Waals surface area (Å²) in [6, 6.07) is 10.2. The topological polar surface area (TPSA) is 43.4 Å². The van der Waals surface area contributed by atoms with Crippen molar-refractivity contribution in [2.45, 2.75) is 26.4 Å². The molecule has 0 spiro atoms. The van der Waals surface area contributed by atoms with Crippen LogP contribution in [0.15, 0.2) is 36.5 Å². The third-order valence-corrected chi connectivity index (χ3v) is 3.60. The SMILES string of the molecule is COc1ccc(C(C)NCc2ncccc2C)cc1OC. The average Bonchev–Trinajstić information content (AvgIpc) is 2.53. The number of ether oxygens (including phenoxy) is 2. The molecule has 4 heteroatoms. The first-order valence-electron chi connectivity index (χ1n) is 7.01. The van der Waals surface area contributed by atoms with Crippen LogP contribution in [0.1, 0.15) is 29.8 Å². The van der Waals surface area contributed by atoms with E-state index in [0.717, 1.165) is 29.3 Å². The van der Waals surface area contributed by atoms with E-state index in [1.165, 1.54) is 5.56 Å². The molecule has 4 nitrogen and oxygen atoms in total. The molecule has 0 amide bonds. The van der Waals surface area contributed by atoms with Crippen molar-refractivity contribution < 1.29 is 9.47 Å². The van der Waals surface area contributed by atoms with E-state index in [9.17, 15) is 0 Å². The lowest BCUT2D eigenvalue weighted by Gasteiger charge is -2.17. The molecule has 0 saturated carbocycles. The monoisotopic (exact) mass is 286 g/mol. The van der Waals surface area contributed by atoms with Crippen LogP contribution in [-0.4, -0.2) is 19.2 Å². The van der Waals surface area contributed by atoms with Gasteiger partial charge in [-0.15, -0.1) is 0 Å². The fourth-order valence-corrected chi connectivity index (χ4v) is 2.19. The third kappa shape index (κ3) is 3.73. The Balaban J connectivity index is 2.06. The number of rotatable bonds is 6. The van der Waals surface area contributed by atoms with E-state index < -0.39 is 0 Å². The van der Waals surface area contributed by atoms with Crippen molar-refractivity contribution in [3.8, 4) is 11.5 Å². The second-order valence-corrected chi connectivity index (χ2v) is 4.98. The third-order valence-electron chi connectivity index (χ3n) is 3.60. The number of aryl methyl sites for hydroxylation is 1. The number of pyridine rings is 1. The van der Waals surface area contributed by atoms with Crippen LogP contribution in [-0.2, 0) is 6.54 Å². The molecule has 0 aliphatic heterocycles. The maximum absolute atomic E-state index is 5.34. The van der Waals surface area contributed by atoms with Gasteiger partial charge >= 0.3 is 0 Å². The number of nitrogens with one attached hydrogen (secondary N) is 1. The van der Waals surface area contributed by atoms with Gasteiger partial charge < -0.3 is 14.8 Å². The lowest BCUT2D eigenvalue weighted by atomic mass is 10.1. The van der Waals surface area contributed by atoms with Gasteiger partial charge in [0.2, 0.25) is 0 Å².